The molecule has 0 fully saturated rings. The predicted molar refractivity (Wildman–Crippen MR) is 71.4 cm³/mol. The van der Waals surface area contributed by atoms with Gasteiger partial charge in [-0.15, -0.1) is 0 Å². The molecular formula is C15H18N2O. The van der Waals surface area contributed by atoms with E-state index in [9.17, 15) is 0 Å². The van der Waals surface area contributed by atoms with Crippen molar-refractivity contribution in [1.29, 1.82) is 0 Å². The average Bonchev–Trinajstić information content (AvgIpc) is 3.05. The van der Waals surface area contributed by atoms with Crippen molar-refractivity contribution >= 4 is 0 Å². The van der Waals surface area contributed by atoms with Crippen molar-refractivity contribution in [2.24, 2.45) is 0 Å². The first-order chi connectivity index (χ1) is 8.78. The molecule has 0 spiro atoms. The molecule has 0 amide bonds. The Kier molecular flexibility index (Phi) is 2.92. The highest BCUT2D eigenvalue weighted by atomic mass is 16.4. The third kappa shape index (κ3) is 1.95. The number of hydrogen-bond acceptors (Lipinski definition) is 3. The lowest BCUT2D eigenvalue weighted by molar-refractivity contribution is 0.441. The molecule has 0 bridgehead atoms. The Morgan fingerprint density at radius 1 is 1.28 bits per heavy atom. The predicted octanol–water partition coefficient (Wildman–Crippen LogP) is 3.11. The fourth-order valence-electron chi connectivity index (χ4n) is 2.47. The Balaban J connectivity index is 1.92. The highest BCUT2D eigenvalue weighted by molar-refractivity contribution is 5.59. The number of nitrogens with zero attached hydrogens (tertiary/aromatic N) is 1. The van der Waals surface area contributed by atoms with Crippen molar-refractivity contribution in [3.63, 3.8) is 0 Å². The van der Waals surface area contributed by atoms with E-state index < -0.39 is 0 Å². The van der Waals surface area contributed by atoms with Crippen molar-refractivity contribution in [2.75, 3.05) is 7.05 Å². The molecule has 1 N–H and O–H groups in total. The summed E-state index contributed by atoms with van der Waals surface area (Å²) in [7, 11) is 1.91. The largest absolute Gasteiger partial charge is 0.439 e. The van der Waals surface area contributed by atoms with Gasteiger partial charge in [0.1, 0.15) is 0 Å². The molecule has 0 saturated carbocycles. The molecule has 18 heavy (non-hydrogen) atoms. The van der Waals surface area contributed by atoms with Crippen LogP contribution >= 0.6 is 0 Å². The van der Waals surface area contributed by atoms with Gasteiger partial charge in [0.25, 0.3) is 0 Å². The van der Waals surface area contributed by atoms with Crippen LogP contribution in [-0.2, 0) is 12.8 Å². The zero-order chi connectivity index (χ0) is 12.5. The molecule has 0 radical (unpaired) electrons. The number of oxazole rings is 1. The molecule has 1 heterocycles. The molecule has 94 valence electrons. The quantitative estimate of drug-likeness (QED) is 0.898. The first-order valence-corrected chi connectivity index (χ1v) is 6.53. The maximum absolute atomic E-state index is 5.81. The molecule has 0 saturated heterocycles. The average molecular weight is 242 g/mol. The Bertz CT molecular complexity index is 559. The van der Waals surface area contributed by atoms with Crippen molar-refractivity contribution < 1.29 is 4.42 Å². The number of aryl methyl sites for hydroxylation is 2. The summed E-state index contributed by atoms with van der Waals surface area (Å²) in [5.74, 6) is 1.61. The van der Waals surface area contributed by atoms with Crippen molar-refractivity contribution in [3.05, 3.63) is 41.4 Å². The number of rotatable bonds is 3. The van der Waals surface area contributed by atoms with E-state index in [0.717, 1.165) is 17.2 Å². The summed E-state index contributed by atoms with van der Waals surface area (Å²) >= 11 is 0. The molecule has 2 aromatic rings. The van der Waals surface area contributed by atoms with Crippen LogP contribution in [0.2, 0.25) is 0 Å². The molecule has 1 aromatic heterocycles. The summed E-state index contributed by atoms with van der Waals surface area (Å²) in [6.07, 6.45) is 5.50. The van der Waals surface area contributed by atoms with Gasteiger partial charge in [0.15, 0.2) is 5.76 Å². The van der Waals surface area contributed by atoms with Crippen molar-refractivity contribution in [3.8, 4) is 11.3 Å². The lowest BCUT2D eigenvalue weighted by Gasteiger charge is -2.04. The first kappa shape index (κ1) is 11.5. The second-order valence-electron chi connectivity index (χ2n) is 4.91. The van der Waals surface area contributed by atoms with E-state index in [1.54, 1.807) is 0 Å². The van der Waals surface area contributed by atoms with Gasteiger partial charge in [-0.25, -0.2) is 4.98 Å². The normalized spacial score (nSPS) is 15.7. The lowest BCUT2D eigenvalue weighted by atomic mass is 10.1. The molecule has 0 aliphatic heterocycles. The summed E-state index contributed by atoms with van der Waals surface area (Å²) in [4.78, 5) is 4.33. The Morgan fingerprint density at radius 2 is 2.11 bits per heavy atom. The molecule has 1 atom stereocenters. The van der Waals surface area contributed by atoms with Crippen LogP contribution in [0.15, 0.2) is 28.8 Å². The van der Waals surface area contributed by atoms with Gasteiger partial charge in [0.05, 0.1) is 12.2 Å². The van der Waals surface area contributed by atoms with Crippen LogP contribution in [0.3, 0.4) is 0 Å². The van der Waals surface area contributed by atoms with Crippen LogP contribution in [-0.4, -0.2) is 12.0 Å². The first-order valence-electron chi connectivity index (χ1n) is 6.53. The van der Waals surface area contributed by atoms with Gasteiger partial charge in [-0.2, -0.15) is 0 Å². The minimum absolute atomic E-state index is 0.146. The smallest absolute Gasteiger partial charge is 0.211 e. The maximum atomic E-state index is 5.81. The number of nitrogens with one attached hydrogen (secondary N) is 1. The van der Waals surface area contributed by atoms with E-state index in [4.69, 9.17) is 4.42 Å². The monoisotopic (exact) mass is 242 g/mol. The summed E-state index contributed by atoms with van der Waals surface area (Å²) in [6, 6.07) is 6.75. The van der Waals surface area contributed by atoms with Gasteiger partial charge in [-0.1, -0.05) is 12.1 Å². The fraction of sp³-hybridized carbons (Fsp3) is 0.400. The minimum Gasteiger partial charge on any atom is -0.439 e. The van der Waals surface area contributed by atoms with Crippen LogP contribution in [0.1, 0.15) is 36.4 Å². The topological polar surface area (TPSA) is 38.1 Å². The van der Waals surface area contributed by atoms with E-state index in [1.807, 2.05) is 20.2 Å². The van der Waals surface area contributed by atoms with Crippen LogP contribution in [0.5, 0.6) is 0 Å². The lowest BCUT2D eigenvalue weighted by Crippen LogP contribution is -2.12. The van der Waals surface area contributed by atoms with Gasteiger partial charge in [-0.05, 0) is 50.4 Å². The zero-order valence-corrected chi connectivity index (χ0v) is 10.9. The van der Waals surface area contributed by atoms with Crippen LogP contribution < -0.4 is 5.32 Å². The number of benzene rings is 1. The third-order valence-corrected chi connectivity index (χ3v) is 3.71. The van der Waals surface area contributed by atoms with Gasteiger partial charge in [-0.3, -0.25) is 0 Å². The highest BCUT2D eigenvalue weighted by Gasteiger charge is 2.15. The van der Waals surface area contributed by atoms with Crippen LogP contribution in [0.25, 0.3) is 11.3 Å². The number of hydrogen-bond donors (Lipinski definition) is 1. The molecule has 3 heteroatoms. The summed E-state index contributed by atoms with van der Waals surface area (Å²) < 4.78 is 5.81. The molecule has 1 aliphatic carbocycles. The molecular weight excluding hydrogens is 224 g/mol. The summed E-state index contributed by atoms with van der Waals surface area (Å²) in [6.45, 7) is 2.04. The van der Waals surface area contributed by atoms with Crippen molar-refractivity contribution in [1.82, 2.24) is 10.3 Å². The van der Waals surface area contributed by atoms with E-state index in [0.29, 0.717) is 0 Å². The maximum Gasteiger partial charge on any atom is 0.211 e. The second kappa shape index (κ2) is 4.58. The zero-order valence-electron chi connectivity index (χ0n) is 10.9. The number of fused-ring (bicyclic) bond motifs is 1. The van der Waals surface area contributed by atoms with E-state index in [-0.39, 0.29) is 6.04 Å². The van der Waals surface area contributed by atoms with Crippen LogP contribution in [0, 0.1) is 0 Å². The standard InChI is InChI=1S/C15H18N2O/c1-10(16-2)15-17-9-14(18-15)13-7-6-11-4-3-5-12(11)8-13/h6-10,16H,3-5H2,1-2H3. The Morgan fingerprint density at radius 3 is 2.94 bits per heavy atom. The fourth-order valence-corrected chi connectivity index (χ4v) is 2.47. The second-order valence-corrected chi connectivity index (χ2v) is 4.91. The van der Waals surface area contributed by atoms with Gasteiger partial charge in [0.2, 0.25) is 5.89 Å². The highest BCUT2D eigenvalue weighted by Crippen LogP contribution is 2.29. The van der Waals surface area contributed by atoms with Crippen LogP contribution in [0.4, 0.5) is 0 Å². The van der Waals surface area contributed by atoms with E-state index in [1.165, 1.54) is 30.4 Å². The SMILES string of the molecule is CNC(C)c1ncc(-c2ccc3c(c2)CCC3)o1. The van der Waals surface area contributed by atoms with Crippen molar-refractivity contribution in [2.45, 2.75) is 32.2 Å². The summed E-state index contributed by atoms with van der Waals surface area (Å²) in [5, 5.41) is 3.13. The summed E-state index contributed by atoms with van der Waals surface area (Å²) in [5.41, 5.74) is 4.09. The van der Waals surface area contributed by atoms with Gasteiger partial charge in [0, 0.05) is 5.56 Å². The molecule has 1 aromatic carbocycles. The Labute approximate surface area is 107 Å². The molecule has 1 unspecified atom stereocenters. The van der Waals surface area contributed by atoms with E-state index in [2.05, 4.69) is 28.5 Å². The molecule has 1 aliphatic rings. The van der Waals surface area contributed by atoms with E-state index >= 15 is 0 Å². The third-order valence-electron chi connectivity index (χ3n) is 3.71. The molecule has 3 nitrogen and oxygen atoms in total. The minimum atomic E-state index is 0.146. The Hall–Kier alpha value is -1.61. The van der Waals surface area contributed by atoms with Gasteiger partial charge < -0.3 is 9.73 Å². The molecule has 3 rings (SSSR count). The number of aromatic nitrogens is 1. The van der Waals surface area contributed by atoms with Gasteiger partial charge >= 0.3 is 0 Å².